The van der Waals surface area contributed by atoms with Crippen molar-refractivity contribution < 1.29 is 13.2 Å². The maximum absolute atomic E-state index is 12.8. The zero-order chi connectivity index (χ0) is 14.0. The Hall–Kier alpha value is -1.55. The smallest absolute Gasteiger partial charge is 0.326 e. The Morgan fingerprint density at radius 1 is 1.32 bits per heavy atom. The molecule has 1 aliphatic carbocycles. The predicted molar refractivity (Wildman–Crippen MR) is 70.2 cm³/mol. The van der Waals surface area contributed by atoms with Crippen LogP contribution in [0.1, 0.15) is 30.0 Å². The van der Waals surface area contributed by atoms with Gasteiger partial charge in [0.2, 0.25) is 0 Å². The SMILES string of the molecule is CC1C=CC(c2cc(C(F)(F)F)ccc2CN)=CC1. The van der Waals surface area contributed by atoms with Crippen LogP contribution in [0.5, 0.6) is 0 Å². The Balaban J connectivity index is 2.46. The van der Waals surface area contributed by atoms with Crippen molar-refractivity contribution in [2.24, 2.45) is 11.7 Å². The number of hydrogen-bond acceptors (Lipinski definition) is 1. The Kier molecular flexibility index (Phi) is 3.80. The molecule has 1 unspecified atom stereocenters. The second-order valence-electron chi connectivity index (χ2n) is 4.81. The fourth-order valence-electron chi connectivity index (χ4n) is 2.13. The van der Waals surface area contributed by atoms with Crippen LogP contribution in [-0.2, 0) is 12.7 Å². The van der Waals surface area contributed by atoms with E-state index in [4.69, 9.17) is 5.73 Å². The summed E-state index contributed by atoms with van der Waals surface area (Å²) in [6.07, 6.45) is 2.37. The minimum absolute atomic E-state index is 0.230. The quantitative estimate of drug-likeness (QED) is 0.856. The van der Waals surface area contributed by atoms with Gasteiger partial charge >= 0.3 is 6.18 Å². The molecule has 19 heavy (non-hydrogen) atoms. The van der Waals surface area contributed by atoms with Gasteiger partial charge in [-0.15, -0.1) is 0 Å². The molecule has 1 atom stereocenters. The number of nitrogens with two attached hydrogens (primary N) is 1. The Morgan fingerprint density at radius 2 is 2.05 bits per heavy atom. The molecule has 0 amide bonds. The van der Waals surface area contributed by atoms with E-state index >= 15 is 0 Å². The molecule has 0 radical (unpaired) electrons. The van der Waals surface area contributed by atoms with Crippen molar-refractivity contribution >= 4 is 5.57 Å². The fourth-order valence-corrected chi connectivity index (χ4v) is 2.13. The zero-order valence-electron chi connectivity index (χ0n) is 10.7. The zero-order valence-corrected chi connectivity index (χ0v) is 10.7. The third kappa shape index (κ3) is 3.07. The highest BCUT2D eigenvalue weighted by atomic mass is 19.4. The molecule has 0 aromatic heterocycles. The summed E-state index contributed by atoms with van der Waals surface area (Å²) in [4.78, 5) is 0. The Labute approximate surface area is 110 Å². The van der Waals surface area contributed by atoms with E-state index in [-0.39, 0.29) is 6.54 Å². The van der Waals surface area contributed by atoms with Gasteiger partial charge in [0.1, 0.15) is 0 Å². The van der Waals surface area contributed by atoms with Crippen molar-refractivity contribution in [3.8, 4) is 0 Å². The molecule has 2 rings (SSSR count). The summed E-state index contributed by atoms with van der Waals surface area (Å²) < 4.78 is 38.3. The number of benzene rings is 1. The van der Waals surface area contributed by atoms with Gasteiger partial charge in [-0.2, -0.15) is 13.2 Å². The van der Waals surface area contributed by atoms with Crippen molar-refractivity contribution in [1.29, 1.82) is 0 Å². The predicted octanol–water partition coefficient (Wildman–Crippen LogP) is 4.14. The first kappa shape index (κ1) is 13.9. The number of allylic oxidation sites excluding steroid dienone is 4. The number of alkyl halides is 3. The van der Waals surface area contributed by atoms with E-state index in [1.807, 2.05) is 18.2 Å². The average molecular weight is 267 g/mol. The first-order valence-corrected chi connectivity index (χ1v) is 6.20. The molecule has 0 heterocycles. The van der Waals surface area contributed by atoms with Gasteiger partial charge in [0.15, 0.2) is 0 Å². The number of hydrogen-bond donors (Lipinski definition) is 1. The van der Waals surface area contributed by atoms with E-state index in [0.29, 0.717) is 11.5 Å². The first-order valence-electron chi connectivity index (χ1n) is 6.20. The van der Waals surface area contributed by atoms with Crippen molar-refractivity contribution in [2.45, 2.75) is 26.1 Å². The minimum Gasteiger partial charge on any atom is -0.326 e. The van der Waals surface area contributed by atoms with Gasteiger partial charge in [-0.1, -0.05) is 31.2 Å². The van der Waals surface area contributed by atoms with E-state index in [0.717, 1.165) is 23.6 Å². The van der Waals surface area contributed by atoms with E-state index < -0.39 is 11.7 Å². The fraction of sp³-hybridized carbons (Fsp3) is 0.333. The molecule has 0 aliphatic heterocycles. The second kappa shape index (κ2) is 5.21. The molecular weight excluding hydrogens is 251 g/mol. The molecule has 0 spiro atoms. The highest BCUT2D eigenvalue weighted by molar-refractivity contribution is 5.77. The lowest BCUT2D eigenvalue weighted by molar-refractivity contribution is -0.137. The van der Waals surface area contributed by atoms with Crippen LogP contribution in [0.2, 0.25) is 0 Å². The molecular formula is C15H16F3N. The molecule has 102 valence electrons. The van der Waals surface area contributed by atoms with E-state index in [1.165, 1.54) is 12.1 Å². The Bertz CT molecular complexity index is 527. The summed E-state index contributed by atoms with van der Waals surface area (Å²) in [5, 5.41) is 0. The minimum atomic E-state index is -4.33. The molecule has 0 saturated heterocycles. The maximum Gasteiger partial charge on any atom is 0.416 e. The molecule has 1 aromatic rings. The van der Waals surface area contributed by atoms with Crippen LogP contribution in [0, 0.1) is 5.92 Å². The normalized spacial score (nSPS) is 19.4. The number of rotatable bonds is 2. The second-order valence-corrected chi connectivity index (χ2v) is 4.81. The van der Waals surface area contributed by atoms with Crippen LogP contribution in [-0.4, -0.2) is 0 Å². The van der Waals surface area contributed by atoms with E-state index in [9.17, 15) is 13.2 Å². The summed E-state index contributed by atoms with van der Waals surface area (Å²) >= 11 is 0. The molecule has 0 bridgehead atoms. The lowest BCUT2D eigenvalue weighted by atomic mass is 9.90. The third-order valence-electron chi connectivity index (χ3n) is 3.28. The standard InChI is InChI=1S/C15H16F3N/c1-10-2-4-11(5-3-10)14-8-13(15(16,17)18)7-6-12(14)9-19/h2,4-8,10H,3,9,19H2,1H3. The van der Waals surface area contributed by atoms with Gasteiger partial charge in [0, 0.05) is 6.54 Å². The average Bonchev–Trinajstić information content (AvgIpc) is 2.38. The molecule has 4 heteroatoms. The van der Waals surface area contributed by atoms with Crippen LogP contribution >= 0.6 is 0 Å². The van der Waals surface area contributed by atoms with Crippen molar-refractivity contribution in [3.63, 3.8) is 0 Å². The lowest BCUT2D eigenvalue weighted by Gasteiger charge is -2.17. The van der Waals surface area contributed by atoms with Gasteiger partial charge in [-0.3, -0.25) is 0 Å². The molecule has 1 nitrogen and oxygen atoms in total. The largest absolute Gasteiger partial charge is 0.416 e. The van der Waals surface area contributed by atoms with Crippen molar-refractivity contribution in [3.05, 3.63) is 53.1 Å². The molecule has 0 fully saturated rings. The van der Waals surface area contributed by atoms with Gasteiger partial charge in [-0.25, -0.2) is 0 Å². The highest BCUT2D eigenvalue weighted by Crippen LogP contribution is 2.34. The van der Waals surface area contributed by atoms with Gasteiger partial charge < -0.3 is 5.73 Å². The summed E-state index contributed by atoms with van der Waals surface area (Å²) in [5.41, 5.74) is 7.12. The summed E-state index contributed by atoms with van der Waals surface area (Å²) in [6, 6.07) is 3.74. The topological polar surface area (TPSA) is 26.0 Å². The monoisotopic (exact) mass is 267 g/mol. The van der Waals surface area contributed by atoms with Gasteiger partial charge in [-0.05, 0) is 41.2 Å². The van der Waals surface area contributed by atoms with Crippen LogP contribution in [0.3, 0.4) is 0 Å². The summed E-state index contributed by atoms with van der Waals surface area (Å²) in [6.45, 7) is 2.30. The van der Waals surface area contributed by atoms with Crippen LogP contribution in [0.15, 0.2) is 36.4 Å². The number of halogens is 3. The molecule has 0 saturated carbocycles. The van der Waals surface area contributed by atoms with Gasteiger partial charge in [0.05, 0.1) is 5.56 Å². The molecule has 1 aromatic carbocycles. The summed E-state index contributed by atoms with van der Waals surface area (Å²) in [5.74, 6) is 0.427. The lowest BCUT2D eigenvalue weighted by Crippen LogP contribution is -2.09. The van der Waals surface area contributed by atoms with E-state index in [2.05, 4.69) is 6.92 Å². The van der Waals surface area contributed by atoms with Crippen LogP contribution in [0.4, 0.5) is 13.2 Å². The third-order valence-corrected chi connectivity index (χ3v) is 3.28. The molecule has 2 N–H and O–H groups in total. The Morgan fingerprint density at radius 3 is 2.58 bits per heavy atom. The van der Waals surface area contributed by atoms with E-state index in [1.54, 1.807) is 0 Å². The summed E-state index contributed by atoms with van der Waals surface area (Å²) in [7, 11) is 0. The van der Waals surface area contributed by atoms with Crippen LogP contribution in [0.25, 0.3) is 5.57 Å². The van der Waals surface area contributed by atoms with Gasteiger partial charge in [0.25, 0.3) is 0 Å². The van der Waals surface area contributed by atoms with Crippen LogP contribution < -0.4 is 5.73 Å². The maximum atomic E-state index is 12.8. The van der Waals surface area contributed by atoms with Crippen molar-refractivity contribution in [1.82, 2.24) is 0 Å². The first-order chi connectivity index (χ1) is 8.91. The highest BCUT2D eigenvalue weighted by Gasteiger charge is 2.31. The van der Waals surface area contributed by atoms with Crippen molar-refractivity contribution in [2.75, 3.05) is 0 Å². The molecule has 1 aliphatic rings.